The number of aromatic amines is 1. The van der Waals surface area contributed by atoms with Crippen LogP contribution in [0.25, 0.3) is 0 Å². The lowest BCUT2D eigenvalue weighted by molar-refractivity contribution is 0.0950. The van der Waals surface area contributed by atoms with E-state index in [0.29, 0.717) is 27.1 Å². The average molecular weight is 313 g/mol. The molecule has 104 valence electrons. The summed E-state index contributed by atoms with van der Waals surface area (Å²) < 4.78 is 5.15. The molecule has 6 nitrogen and oxygen atoms in total. The first-order chi connectivity index (χ1) is 9.61. The molecule has 1 aromatic heterocycles. The molecule has 0 aliphatic rings. The van der Waals surface area contributed by atoms with Crippen molar-refractivity contribution in [2.75, 3.05) is 7.11 Å². The maximum Gasteiger partial charge on any atom is 0.289 e. The molecule has 0 saturated heterocycles. The Labute approximate surface area is 124 Å². The van der Waals surface area contributed by atoms with E-state index >= 15 is 0 Å². The van der Waals surface area contributed by atoms with Crippen molar-refractivity contribution < 1.29 is 9.53 Å². The number of nitrogens with one attached hydrogen (secondary N) is 2. The topological polar surface area (TPSA) is 79.4 Å². The van der Waals surface area contributed by atoms with Crippen LogP contribution in [0.1, 0.15) is 16.1 Å². The molecule has 8 heteroatoms. The molecule has 0 atom stereocenters. The molecular weight excluding hydrogens is 303 g/mol. The third kappa shape index (κ3) is 3.28. The Morgan fingerprint density at radius 1 is 1.50 bits per heavy atom. The van der Waals surface area contributed by atoms with Crippen LogP contribution in [0.4, 0.5) is 0 Å². The maximum absolute atomic E-state index is 11.6. The van der Waals surface area contributed by atoms with Gasteiger partial charge in [-0.3, -0.25) is 9.89 Å². The van der Waals surface area contributed by atoms with Crippen LogP contribution >= 0.6 is 23.2 Å². The van der Waals surface area contributed by atoms with Crippen LogP contribution < -0.4 is 10.2 Å². The number of nitrogens with zero attached hydrogens (tertiary/aromatic N) is 2. The molecular formula is C12H10Cl2N4O2. The molecule has 1 heterocycles. The molecule has 20 heavy (non-hydrogen) atoms. The third-order valence-corrected chi connectivity index (χ3v) is 2.86. The molecule has 0 spiro atoms. The van der Waals surface area contributed by atoms with Crippen LogP contribution in [0, 0.1) is 0 Å². The average Bonchev–Trinajstić information content (AvgIpc) is 2.92. The fourth-order valence-electron chi connectivity index (χ4n) is 1.49. The van der Waals surface area contributed by atoms with Crippen molar-refractivity contribution in [1.29, 1.82) is 0 Å². The lowest BCUT2D eigenvalue weighted by Crippen LogP contribution is -2.18. The summed E-state index contributed by atoms with van der Waals surface area (Å²) in [7, 11) is 1.48. The van der Waals surface area contributed by atoms with Gasteiger partial charge in [-0.1, -0.05) is 23.2 Å². The van der Waals surface area contributed by atoms with Crippen molar-refractivity contribution in [3.05, 3.63) is 45.7 Å². The number of halogens is 2. The minimum atomic E-state index is -0.411. The van der Waals surface area contributed by atoms with Crippen molar-refractivity contribution >= 4 is 35.3 Å². The van der Waals surface area contributed by atoms with Crippen molar-refractivity contribution in [2.24, 2.45) is 5.10 Å². The number of amides is 1. The second-order valence-corrected chi connectivity index (χ2v) is 4.52. The maximum atomic E-state index is 11.6. The van der Waals surface area contributed by atoms with Gasteiger partial charge < -0.3 is 4.74 Å². The van der Waals surface area contributed by atoms with Gasteiger partial charge in [0.25, 0.3) is 5.91 Å². The van der Waals surface area contributed by atoms with Crippen LogP contribution in [0.5, 0.6) is 5.75 Å². The van der Waals surface area contributed by atoms with Gasteiger partial charge in [0.15, 0.2) is 0 Å². The van der Waals surface area contributed by atoms with Crippen LogP contribution in [0.15, 0.2) is 29.5 Å². The number of hydrazone groups is 1. The molecule has 0 bridgehead atoms. The van der Waals surface area contributed by atoms with Crippen LogP contribution in [-0.4, -0.2) is 29.4 Å². The quantitative estimate of drug-likeness (QED) is 0.672. The van der Waals surface area contributed by atoms with Crippen LogP contribution in [-0.2, 0) is 0 Å². The number of methoxy groups -OCH3 is 1. The van der Waals surface area contributed by atoms with E-state index in [-0.39, 0.29) is 0 Å². The van der Waals surface area contributed by atoms with Crippen molar-refractivity contribution in [2.45, 2.75) is 0 Å². The molecule has 0 fully saturated rings. The zero-order valence-corrected chi connectivity index (χ0v) is 11.9. The van der Waals surface area contributed by atoms with Gasteiger partial charge in [0, 0.05) is 16.8 Å². The Morgan fingerprint density at radius 2 is 2.30 bits per heavy atom. The molecule has 2 N–H and O–H groups in total. The number of benzene rings is 1. The van der Waals surface area contributed by atoms with Crippen molar-refractivity contribution in [3.63, 3.8) is 0 Å². The minimum absolute atomic E-state index is 0.304. The summed E-state index contributed by atoms with van der Waals surface area (Å²) in [5, 5.41) is 10.8. The molecule has 0 aliphatic heterocycles. The van der Waals surface area contributed by atoms with E-state index in [0.717, 1.165) is 0 Å². The normalized spacial score (nSPS) is 10.8. The van der Waals surface area contributed by atoms with Gasteiger partial charge in [-0.15, -0.1) is 0 Å². The molecule has 0 unspecified atom stereocenters. The van der Waals surface area contributed by atoms with Crippen molar-refractivity contribution in [1.82, 2.24) is 15.6 Å². The first-order valence-corrected chi connectivity index (χ1v) is 6.23. The van der Waals surface area contributed by atoms with Gasteiger partial charge in [0.1, 0.15) is 11.4 Å². The summed E-state index contributed by atoms with van der Waals surface area (Å²) in [5.74, 6) is 0.0152. The Morgan fingerprint density at radius 3 is 2.95 bits per heavy atom. The van der Waals surface area contributed by atoms with E-state index in [4.69, 9.17) is 27.9 Å². The summed E-state index contributed by atoms with van der Waals surface area (Å²) in [6.07, 6.45) is 2.86. The van der Waals surface area contributed by atoms with E-state index in [2.05, 4.69) is 20.7 Å². The van der Waals surface area contributed by atoms with E-state index in [1.54, 1.807) is 12.1 Å². The number of carbonyl (C=O) groups is 1. The van der Waals surface area contributed by atoms with Gasteiger partial charge in [0.05, 0.1) is 18.3 Å². The molecule has 2 rings (SSSR count). The highest BCUT2D eigenvalue weighted by atomic mass is 35.5. The zero-order chi connectivity index (χ0) is 14.5. The Hall–Kier alpha value is -2.05. The fraction of sp³-hybridized carbons (Fsp3) is 0.0833. The van der Waals surface area contributed by atoms with E-state index in [9.17, 15) is 4.79 Å². The zero-order valence-electron chi connectivity index (χ0n) is 10.4. The number of aromatic nitrogens is 2. The smallest absolute Gasteiger partial charge is 0.289 e. The predicted molar refractivity (Wildman–Crippen MR) is 76.7 cm³/mol. The molecule has 0 saturated carbocycles. The highest BCUT2D eigenvalue weighted by Crippen LogP contribution is 2.30. The third-order valence-electron chi connectivity index (χ3n) is 2.36. The van der Waals surface area contributed by atoms with Crippen molar-refractivity contribution in [3.8, 4) is 5.75 Å². The SMILES string of the molecule is COc1c(Cl)cc(Cl)cc1C=NNC(=O)c1ccn[nH]1. The summed E-state index contributed by atoms with van der Waals surface area (Å²) >= 11 is 11.9. The standard InChI is InChI=1S/C12H10Cl2N4O2/c1-20-11-7(4-8(13)5-9(11)14)6-16-18-12(19)10-2-3-15-17-10/h2-6H,1H3,(H,15,17)(H,18,19). The summed E-state index contributed by atoms with van der Waals surface area (Å²) in [6.45, 7) is 0. The van der Waals surface area contributed by atoms with Gasteiger partial charge in [-0.2, -0.15) is 10.2 Å². The Kier molecular flexibility index (Phi) is 4.60. The lowest BCUT2D eigenvalue weighted by atomic mass is 10.2. The monoisotopic (exact) mass is 312 g/mol. The van der Waals surface area contributed by atoms with E-state index < -0.39 is 5.91 Å². The van der Waals surface area contributed by atoms with E-state index in [1.807, 2.05) is 0 Å². The largest absolute Gasteiger partial charge is 0.495 e. The van der Waals surface area contributed by atoms with Crippen LogP contribution in [0.2, 0.25) is 10.0 Å². The number of hydrogen-bond donors (Lipinski definition) is 2. The molecule has 2 aromatic rings. The second kappa shape index (κ2) is 6.40. The first-order valence-electron chi connectivity index (χ1n) is 5.47. The number of ether oxygens (including phenoxy) is 1. The van der Waals surface area contributed by atoms with Crippen LogP contribution in [0.3, 0.4) is 0 Å². The highest BCUT2D eigenvalue weighted by Gasteiger charge is 2.09. The fourth-order valence-corrected chi connectivity index (χ4v) is 2.08. The van der Waals surface area contributed by atoms with Gasteiger partial charge in [-0.25, -0.2) is 5.43 Å². The number of hydrogen-bond acceptors (Lipinski definition) is 4. The Bertz CT molecular complexity index is 641. The van der Waals surface area contributed by atoms with Gasteiger partial charge in [0.2, 0.25) is 0 Å². The first kappa shape index (κ1) is 14.4. The molecule has 1 aromatic carbocycles. The number of carbonyl (C=O) groups excluding carboxylic acids is 1. The Balaban J connectivity index is 2.14. The second-order valence-electron chi connectivity index (χ2n) is 3.68. The molecule has 0 radical (unpaired) electrons. The number of H-pyrrole nitrogens is 1. The highest BCUT2D eigenvalue weighted by molar-refractivity contribution is 6.36. The van der Waals surface area contributed by atoms with Gasteiger partial charge >= 0.3 is 0 Å². The van der Waals surface area contributed by atoms with E-state index in [1.165, 1.54) is 25.6 Å². The summed E-state index contributed by atoms with van der Waals surface area (Å²) in [6, 6.07) is 4.71. The summed E-state index contributed by atoms with van der Waals surface area (Å²) in [4.78, 5) is 11.6. The number of rotatable bonds is 4. The minimum Gasteiger partial charge on any atom is -0.495 e. The summed E-state index contributed by atoms with van der Waals surface area (Å²) in [5.41, 5.74) is 3.20. The predicted octanol–water partition coefficient (Wildman–Crippen LogP) is 2.49. The molecule has 0 aliphatic carbocycles. The molecule has 1 amide bonds. The van der Waals surface area contributed by atoms with Gasteiger partial charge in [-0.05, 0) is 18.2 Å². The lowest BCUT2D eigenvalue weighted by Gasteiger charge is -2.07.